The summed E-state index contributed by atoms with van der Waals surface area (Å²) in [6.07, 6.45) is 6.66. The first-order valence-corrected chi connectivity index (χ1v) is 24.3. The van der Waals surface area contributed by atoms with Crippen LogP contribution in [-0.4, -0.2) is 96.9 Å². The van der Waals surface area contributed by atoms with Crippen molar-refractivity contribution in [1.82, 2.24) is 30.2 Å². The molecule has 18 heteroatoms. The Balaban J connectivity index is 1.21. The Morgan fingerprint density at radius 3 is 2.58 bits per heavy atom. The smallest absolute Gasteiger partial charge is 0.266 e. The van der Waals surface area contributed by atoms with Crippen LogP contribution in [-0.2, 0) is 29.2 Å². The van der Waals surface area contributed by atoms with Gasteiger partial charge in [-0.15, -0.1) is 11.3 Å². The molecule has 1 aliphatic carbocycles. The lowest BCUT2D eigenvalue weighted by molar-refractivity contribution is -0.140. The minimum absolute atomic E-state index is 0.0109. The number of amides is 4. The zero-order valence-electron chi connectivity index (χ0n) is 37.1. The number of pyridine rings is 1. The molecule has 0 radical (unpaired) electrons. The highest BCUT2D eigenvalue weighted by Gasteiger charge is 2.61. The minimum atomic E-state index is -4.37. The van der Waals surface area contributed by atoms with E-state index in [1.165, 1.54) is 29.2 Å². The number of nitrogens with zero attached hydrogens (tertiary/aromatic N) is 3. The number of ether oxygens (including phenoxy) is 2. The highest BCUT2D eigenvalue weighted by molar-refractivity contribution is 7.90. The fourth-order valence-electron chi connectivity index (χ4n) is 8.29. The lowest BCUT2D eigenvalue weighted by Gasteiger charge is -2.29. The van der Waals surface area contributed by atoms with Gasteiger partial charge in [0.25, 0.3) is 15.9 Å². The number of benzene rings is 2. The zero-order chi connectivity index (χ0) is 45.8. The van der Waals surface area contributed by atoms with Crippen LogP contribution in [0.4, 0.5) is 10.8 Å². The Morgan fingerprint density at radius 1 is 1.03 bits per heavy atom. The summed E-state index contributed by atoms with van der Waals surface area (Å²) in [4.78, 5) is 66.6. The molecule has 0 bridgehead atoms. The van der Waals surface area contributed by atoms with Gasteiger partial charge in [0, 0.05) is 67.2 Å². The van der Waals surface area contributed by atoms with Gasteiger partial charge in [0.1, 0.15) is 39.8 Å². The van der Waals surface area contributed by atoms with Crippen LogP contribution >= 0.6 is 11.3 Å². The summed E-state index contributed by atoms with van der Waals surface area (Å²) in [6, 6.07) is 12.2. The van der Waals surface area contributed by atoms with Crippen molar-refractivity contribution in [1.29, 1.82) is 0 Å². The summed E-state index contributed by atoms with van der Waals surface area (Å²) in [6.45, 7) is 9.82. The third-order valence-corrected chi connectivity index (χ3v) is 14.0. The molecule has 2 aliphatic heterocycles. The Kier molecular flexibility index (Phi) is 14.1. The Morgan fingerprint density at radius 2 is 1.83 bits per heavy atom. The molecule has 64 heavy (non-hydrogen) atoms. The molecule has 342 valence electrons. The van der Waals surface area contributed by atoms with Gasteiger partial charge in [-0.2, -0.15) is 0 Å². The van der Waals surface area contributed by atoms with Crippen LogP contribution in [0.2, 0.25) is 0 Å². The maximum atomic E-state index is 14.8. The van der Waals surface area contributed by atoms with Crippen LogP contribution in [0.3, 0.4) is 0 Å². The number of allylic oxidation sites excluding steroid dienone is 1. The van der Waals surface area contributed by atoms with Crippen molar-refractivity contribution in [3.05, 3.63) is 66.1 Å². The van der Waals surface area contributed by atoms with Crippen molar-refractivity contribution >= 4 is 66.7 Å². The van der Waals surface area contributed by atoms with Gasteiger partial charge >= 0.3 is 0 Å². The molecule has 16 nitrogen and oxygen atoms in total. The first-order chi connectivity index (χ1) is 30.6. The molecule has 2 aromatic carbocycles. The lowest BCUT2D eigenvalue weighted by Crippen LogP contribution is -2.56. The van der Waals surface area contributed by atoms with Gasteiger partial charge in [-0.25, -0.2) is 23.1 Å². The topological polar surface area (TPSA) is 210 Å². The second-order valence-electron chi connectivity index (χ2n) is 17.4. The first kappa shape index (κ1) is 46.2. The number of aromatic nitrogens is 2. The van der Waals surface area contributed by atoms with E-state index in [9.17, 15) is 27.6 Å². The van der Waals surface area contributed by atoms with Crippen LogP contribution in [0.25, 0.3) is 22.3 Å². The zero-order valence-corrected chi connectivity index (χ0v) is 38.7. The van der Waals surface area contributed by atoms with Crippen molar-refractivity contribution < 1.29 is 37.1 Å². The third kappa shape index (κ3) is 10.6. The van der Waals surface area contributed by atoms with Crippen LogP contribution < -0.4 is 35.5 Å². The van der Waals surface area contributed by atoms with Gasteiger partial charge in [0.2, 0.25) is 17.7 Å². The predicted octanol–water partition coefficient (Wildman–Crippen LogP) is 6.01. The second-order valence-corrected chi connectivity index (χ2v) is 19.9. The van der Waals surface area contributed by atoms with E-state index in [-0.39, 0.29) is 54.5 Å². The fraction of sp³-hybridized carbons (Fsp3) is 0.478. The standard InChI is InChI=1S/C46H58N8O8S2/c1-27(2)35(49-29(5)55)23-42(56)54-25-32(62-40-22-37(38-26-63-45(51-38)48-28(3)4)50-36-20-31(61-6)17-18-33(36)40)21-39(54)43(57)52-46-24-30(46)14-10-8-7-9-13-19-47-34-15-11-12-16-41(34)64(59,60)53-44(46)58/h10-12,14-18,20,22,26-28,30,32,35,39,47H,7-9,13,19,21,23-25H2,1-6H3,(H,48,51)(H,49,55)(H,52,57)(H,53,58)/t30-,32-,35-,39+,46-/m1/s1. The van der Waals surface area contributed by atoms with E-state index >= 15 is 0 Å². The number of likely N-dealkylation sites (tertiary alicyclic amines) is 1. The summed E-state index contributed by atoms with van der Waals surface area (Å²) in [5.41, 5.74) is 0.546. The van der Waals surface area contributed by atoms with Crippen LogP contribution in [0.15, 0.2) is 71.0 Å². The third-order valence-electron chi connectivity index (χ3n) is 11.8. The molecule has 4 aromatic rings. The van der Waals surface area contributed by atoms with E-state index in [0.29, 0.717) is 46.0 Å². The highest BCUT2D eigenvalue weighted by atomic mass is 32.2. The number of hydrogen-bond acceptors (Lipinski definition) is 13. The average Bonchev–Trinajstić information content (AvgIpc) is 3.51. The van der Waals surface area contributed by atoms with Crippen molar-refractivity contribution in [3.63, 3.8) is 0 Å². The molecule has 2 aromatic heterocycles. The largest absolute Gasteiger partial charge is 0.497 e. The van der Waals surface area contributed by atoms with E-state index in [2.05, 4.69) is 26.0 Å². The van der Waals surface area contributed by atoms with Crippen LogP contribution in [0.1, 0.15) is 79.6 Å². The number of rotatable bonds is 12. The second kappa shape index (κ2) is 19.6. The molecule has 4 amide bonds. The number of hydrogen-bond donors (Lipinski definition) is 5. The molecule has 5 N–H and O–H groups in total. The monoisotopic (exact) mass is 914 g/mol. The summed E-state index contributed by atoms with van der Waals surface area (Å²) < 4.78 is 42.3. The summed E-state index contributed by atoms with van der Waals surface area (Å²) >= 11 is 1.45. The number of nitrogens with one attached hydrogen (secondary N) is 5. The van der Waals surface area contributed by atoms with Crippen LogP contribution in [0.5, 0.6) is 11.5 Å². The molecule has 7 rings (SSSR count). The maximum Gasteiger partial charge on any atom is 0.266 e. The number of methoxy groups -OCH3 is 1. The summed E-state index contributed by atoms with van der Waals surface area (Å²) in [7, 11) is -2.80. The van der Waals surface area contributed by atoms with Crippen molar-refractivity contribution in [3.8, 4) is 22.9 Å². The highest BCUT2D eigenvalue weighted by Crippen LogP contribution is 2.46. The predicted molar refractivity (Wildman–Crippen MR) is 247 cm³/mol. The average molecular weight is 915 g/mol. The number of para-hydroxylation sites is 1. The van der Waals surface area contributed by atoms with E-state index in [1.807, 2.05) is 51.3 Å². The fourth-order valence-corrected chi connectivity index (χ4v) is 10.4. The molecule has 4 heterocycles. The SMILES string of the molecule is COc1ccc2c(O[C@@H]3C[C@@H](C(=O)N[C@]45C[C@H]4C=CCCCCCNc4ccccc4S(=O)(=O)NC5=O)N(C(=O)C[C@@H](NC(C)=O)C(C)C)C3)cc(-c3csc(NC(C)C)n3)nc2c1. The van der Waals surface area contributed by atoms with Gasteiger partial charge in [-0.1, -0.05) is 44.6 Å². The summed E-state index contributed by atoms with van der Waals surface area (Å²) in [5, 5.41) is 15.7. The molecule has 1 saturated carbocycles. The first-order valence-electron chi connectivity index (χ1n) is 21.9. The van der Waals surface area contributed by atoms with E-state index in [0.717, 1.165) is 30.8 Å². The lowest BCUT2D eigenvalue weighted by atomic mass is 10.00. The molecule has 1 saturated heterocycles. The number of anilines is 2. The van der Waals surface area contributed by atoms with Crippen molar-refractivity contribution in [2.75, 3.05) is 30.8 Å². The molecule has 3 aliphatic rings. The Labute approximate surface area is 378 Å². The maximum absolute atomic E-state index is 14.8. The van der Waals surface area contributed by atoms with Crippen molar-refractivity contribution in [2.24, 2.45) is 11.8 Å². The molecule has 0 unspecified atom stereocenters. The summed E-state index contributed by atoms with van der Waals surface area (Å²) in [5.74, 6) is -1.71. The van der Waals surface area contributed by atoms with Crippen molar-refractivity contribution in [2.45, 2.75) is 114 Å². The van der Waals surface area contributed by atoms with Gasteiger partial charge in [0.15, 0.2) is 5.13 Å². The quantitative estimate of drug-likeness (QED) is 0.104. The molecular weight excluding hydrogens is 857 g/mol. The number of carbonyl (C=O) groups excluding carboxylic acids is 4. The number of carbonyl (C=O) groups is 4. The number of thiazole rings is 1. The van der Waals surface area contributed by atoms with Gasteiger partial charge in [0.05, 0.1) is 30.6 Å². The minimum Gasteiger partial charge on any atom is -0.497 e. The van der Waals surface area contributed by atoms with Gasteiger partial charge < -0.3 is 35.6 Å². The molecule has 5 atom stereocenters. The Hall–Kier alpha value is -5.75. The van der Waals surface area contributed by atoms with Crippen LogP contribution in [0, 0.1) is 11.8 Å². The Bertz CT molecular complexity index is 2530. The number of sulfonamides is 1. The molecule has 2 fully saturated rings. The van der Waals surface area contributed by atoms with Gasteiger partial charge in [-0.05, 0) is 69.7 Å². The normalized spacial score (nSPS) is 22.5. The molecule has 0 spiro atoms. The molecular formula is C46H58N8O8S2. The number of fused-ring (bicyclic) bond motifs is 3. The van der Waals surface area contributed by atoms with E-state index < -0.39 is 51.5 Å². The van der Waals surface area contributed by atoms with E-state index in [1.54, 1.807) is 43.5 Å². The van der Waals surface area contributed by atoms with Gasteiger partial charge in [-0.3, -0.25) is 19.2 Å². The van der Waals surface area contributed by atoms with E-state index in [4.69, 9.17) is 19.4 Å².